The summed E-state index contributed by atoms with van der Waals surface area (Å²) in [5.41, 5.74) is 7.34. The van der Waals surface area contributed by atoms with Gasteiger partial charge in [-0.3, -0.25) is 4.90 Å². The molecule has 2 fully saturated rings. The first-order valence-electron chi connectivity index (χ1n) is 10.2. The molecule has 1 amide bonds. The van der Waals surface area contributed by atoms with Crippen LogP contribution in [0.15, 0.2) is 12.3 Å². The van der Waals surface area contributed by atoms with Gasteiger partial charge in [0.1, 0.15) is 11.4 Å². The molecule has 1 aromatic rings. The molecule has 1 saturated carbocycles. The fourth-order valence-electron chi connectivity index (χ4n) is 3.12. The molecule has 27 heavy (non-hydrogen) atoms. The average molecular weight is 379 g/mol. The van der Waals surface area contributed by atoms with Crippen LogP contribution in [0.25, 0.3) is 0 Å². The second-order valence-electron chi connectivity index (χ2n) is 7.67. The van der Waals surface area contributed by atoms with Crippen LogP contribution in [-0.4, -0.2) is 46.8 Å². The van der Waals surface area contributed by atoms with Crippen LogP contribution in [0.2, 0.25) is 0 Å². The number of nitrogen functional groups attached to an aromatic ring is 1. The van der Waals surface area contributed by atoms with Crippen molar-refractivity contribution in [3.8, 4) is 0 Å². The van der Waals surface area contributed by atoms with E-state index in [1.165, 1.54) is 0 Å². The summed E-state index contributed by atoms with van der Waals surface area (Å²) in [5.74, 6) is 0.572. The monoisotopic (exact) mass is 378 g/mol. The number of rotatable bonds is 1. The number of aromatic nitrogens is 1. The Hall–Kier alpha value is -1.98. The van der Waals surface area contributed by atoms with Crippen LogP contribution >= 0.6 is 0 Å². The Morgan fingerprint density at radius 3 is 2.26 bits per heavy atom. The third-order valence-corrected chi connectivity index (χ3v) is 4.56. The second-order valence-corrected chi connectivity index (χ2v) is 7.67. The smallest absolute Gasteiger partial charge is 0.410 e. The van der Waals surface area contributed by atoms with Gasteiger partial charge in [-0.2, -0.15) is 0 Å². The maximum absolute atomic E-state index is 12.5. The Balaban J connectivity index is 0.000000855. The standard InChI is InChI=1S/C17H26N4O2.2C2H6/c1-12-9-13(10-19-14(12)18)20-7-8-21(17(11-20)5-6-17)15(22)23-16(2,3)4;2*1-2/h9-10H,5-8,11H2,1-4H3,(H2,18,19);2*1-2H3. The van der Waals surface area contributed by atoms with Gasteiger partial charge in [0, 0.05) is 19.6 Å². The van der Waals surface area contributed by atoms with Gasteiger partial charge in [0.05, 0.1) is 17.4 Å². The molecule has 1 aliphatic carbocycles. The summed E-state index contributed by atoms with van der Waals surface area (Å²) >= 11 is 0. The number of aryl methyl sites for hydroxylation is 1. The van der Waals surface area contributed by atoms with E-state index in [0.29, 0.717) is 12.4 Å². The van der Waals surface area contributed by atoms with E-state index in [0.717, 1.165) is 37.2 Å². The molecule has 2 N–H and O–H groups in total. The van der Waals surface area contributed by atoms with Gasteiger partial charge in [0.2, 0.25) is 0 Å². The lowest BCUT2D eigenvalue weighted by Gasteiger charge is -2.43. The minimum Gasteiger partial charge on any atom is -0.444 e. The molecule has 0 radical (unpaired) electrons. The molecule has 0 unspecified atom stereocenters. The van der Waals surface area contributed by atoms with Gasteiger partial charge in [-0.1, -0.05) is 27.7 Å². The number of nitrogens with zero attached hydrogens (tertiary/aromatic N) is 3. The molecule has 3 rings (SSSR count). The summed E-state index contributed by atoms with van der Waals surface area (Å²) in [6, 6.07) is 2.07. The van der Waals surface area contributed by atoms with E-state index in [1.807, 2.05) is 66.5 Å². The average Bonchev–Trinajstić information content (AvgIpc) is 3.38. The Labute approximate surface area is 165 Å². The first kappa shape index (κ1) is 23.1. The van der Waals surface area contributed by atoms with E-state index in [4.69, 9.17) is 10.5 Å². The lowest BCUT2D eigenvalue weighted by atomic mass is 10.1. The molecule has 1 saturated heterocycles. The van der Waals surface area contributed by atoms with Crippen molar-refractivity contribution in [2.75, 3.05) is 30.3 Å². The predicted molar refractivity (Wildman–Crippen MR) is 113 cm³/mol. The minimum absolute atomic E-state index is 0.0735. The zero-order valence-corrected chi connectivity index (χ0v) is 18.4. The van der Waals surface area contributed by atoms with Crippen molar-refractivity contribution < 1.29 is 9.53 Å². The number of amides is 1. The predicted octanol–water partition coefficient (Wildman–Crippen LogP) is 4.61. The highest BCUT2D eigenvalue weighted by atomic mass is 16.6. The summed E-state index contributed by atoms with van der Waals surface area (Å²) in [7, 11) is 0. The summed E-state index contributed by atoms with van der Waals surface area (Å²) in [4.78, 5) is 20.9. The normalized spacial score (nSPS) is 17.3. The quantitative estimate of drug-likeness (QED) is 0.772. The number of ether oxygens (including phenoxy) is 1. The van der Waals surface area contributed by atoms with Crippen molar-refractivity contribution >= 4 is 17.6 Å². The minimum atomic E-state index is -0.456. The highest BCUT2D eigenvalue weighted by Crippen LogP contribution is 2.45. The van der Waals surface area contributed by atoms with Crippen LogP contribution in [0, 0.1) is 6.92 Å². The van der Waals surface area contributed by atoms with Gasteiger partial charge < -0.3 is 15.4 Å². The highest BCUT2D eigenvalue weighted by Gasteiger charge is 2.54. The second kappa shape index (κ2) is 9.29. The molecular formula is C21H38N4O2. The Morgan fingerprint density at radius 1 is 1.19 bits per heavy atom. The number of pyridine rings is 1. The van der Waals surface area contributed by atoms with Crippen molar-refractivity contribution in [2.24, 2.45) is 0 Å². The fourth-order valence-corrected chi connectivity index (χ4v) is 3.12. The molecular weight excluding hydrogens is 340 g/mol. The molecule has 0 atom stereocenters. The van der Waals surface area contributed by atoms with Crippen LogP contribution in [0.4, 0.5) is 16.3 Å². The van der Waals surface area contributed by atoms with Crippen molar-refractivity contribution in [3.63, 3.8) is 0 Å². The molecule has 154 valence electrons. The molecule has 6 nitrogen and oxygen atoms in total. The van der Waals surface area contributed by atoms with Crippen LogP contribution in [0.1, 0.15) is 66.9 Å². The molecule has 1 aliphatic heterocycles. The van der Waals surface area contributed by atoms with Crippen LogP contribution in [-0.2, 0) is 4.74 Å². The largest absolute Gasteiger partial charge is 0.444 e. The number of hydrogen-bond acceptors (Lipinski definition) is 5. The van der Waals surface area contributed by atoms with Crippen molar-refractivity contribution in [1.82, 2.24) is 9.88 Å². The van der Waals surface area contributed by atoms with Gasteiger partial charge in [0.25, 0.3) is 0 Å². The van der Waals surface area contributed by atoms with Crippen molar-refractivity contribution in [2.45, 2.75) is 79.4 Å². The number of nitrogens with two attached hydrogens (primary N) is 1. The van der Waals surface area contributed by atoms with Crippen molar-refractivity contribution in [1.29, 1.82) is 0 Å². The van der Waals surface area contributed by atoms with E-state index in [1.54, 1.807) is 0 Å². The van der Waals surface area contributed by atoms with E-state index < -0.39 is 5.60 Å². The van der Waals surface area contributed by atoms with E-state index in [2.05, 4.69) is 16.0 Å². The Kier molecular flexibility index (Phi) is 7.93. The van der Waals surface area contributed by atoms with Crippen LogP contribution in [0.3, 0.4) is 0 Å². The summed E-state index contributed by atoms with van der Waals surface area (Å²) in [5, 5.41) is 0. The lowest BCUT2D eigenvalue weighted by molar-refractivity contribution is 0.0106. The molecule has 1 spiro atoms. The molecule has 1 aromatic heterocycles. The highest BCUT2D eigenvalue weighted by molar-refractivity contribution is 5.71. The fraction of sp³-hybridized carbons (Fsp3) is 0.714. The number of carbonyl (C=O) groups excluding carboxylic acids is 1. The maximum Gasteiger partial charge on any atom is 0.410 e. The van der Waals surface area contributed by atoms with Gasteiger partial charge in [-0.25, -0.2) is 9.78 Å². The summed E-state index contributed by atoms with van der Waals surface area (Å²) in [6.45, 7) is 18.0. The molecule has 0 aromatic carbocycles. The lowest BCUT2D eigenvalue weighted by Crippen LogP contribution is -2.58. The topological polar surface area (TPSA) is 71.7 Å². The number of anilines is 2. The number of hydrogen-bond donors (Lipinski definition) is 1. The first-order chi connectivity index (χ1) is 12.7. The third kappa shape index (κ3) is 5.75. The van der Waals surface area contributed by atoms with Crippen LogP contribution in [0.5, 0.6) is 0 Å². The molecule has 2 aliphatic rings. The first-order valence-corrected chi connectivity index (χ1v) is 10.2. The molecule has 6 heteroatoms. The van der Waals surface area contributed by atoms with Crippen LogP contribution < -0.4 is 10.6 Å². The van der Waals surface area contributed by atoms with Gasteiger partial charge in [0.15, 0.2) is 0 Å². The Morgan fingerprint density at radius 2 is 1.78 bits per heavy atom. The summed E-state index contributed by atoms with van der Waals surface area (Å²) < 4.78 is 5.57. The summed E-state index contributed by atoms with van der Waals surface area (Å²) in [6.07, 6.45) is 3.69. The van der Waals surface area contributed by atoms with Gasteiger partial charge in [-0.15, -0.1) is 0 Å². The van der Waals surface area contributed by atoms with Crippen molar-refractivity contribution in [3.05, 3.63) is 17.8 Å². The number of carbonyl (C=O) groups is 1. The van der Waals surface area contributed by atoms with Gasteiger partial charge >= 0.3 is 6.09 Å². The molecule has 2 heterocycles. The zero-order chi connectivity index (χ0) is 20.8. The van der Waals surface area contributed by atoms with Gasteiger partial charge in [-0.05, 0) is 52.2 Å². The third-order valence-electron chi connectivity index (χ3n) is 4.56. The maximum atomic E-state index is 12.5. The van der Waals surface area contributed by atoms with E-state index in [-0.39, 0.29) is 11.6 Å². The van der Waals surface area contributed by atoms with E-state index >= 15 is 0 Å². The SMILES string of the molecule is CC.CC.Cc1cc(N2CCN(C(=O)OC(C)(C)C)C3(CC3)C2)cnc1N. The zero-order valence-electron chi connectivity index (χ0n) is 18.4. The van der Waals surface area contributed by atoms with E-state index in [9.17, 15) is 4.79 Å². The molecule has 0 bridgehead atoms. The Bertz CT molecular complexity index is 621. The number of piperazine rings is 1.